The molecule has 2 amide bonds. The Morgan fingerprint density at radius 3 is 2.57 bits per heavy atom. The van der Waals surface area contributed by atoms with E-state index in [1.807, 2.05) is 24.3 Å². The van der Waals surface area contributed by atoms with Crippen LogP contribution in [0.1, 0.15) is 47.5 Å². The maximum absolute atomic E-state index is 13.4. The second-order valence-corrected chi connectivity index (χ2v) is 12.9. The number of carbonyl (C=O) groups is 3. The summed E-state index contributed by atoms with van der Waals surface area (Å²) in [4.78, 5) is 49.7. The number of hydrogen-bond donors (Lipinski definition) is 4. The Balaban J connectivity index is 1.43. The van der Waals surface area contributed by atoms with Gasteiger partial charge in [0, 0.05) is 13.1 Å². The second-order valence-electron chi connectivity index (χ2n) is 10.1. The lowest BCUT2D eigenvalue weighted by Gasteiger charge is -2.25. The number of ketones is 1. The number of nitrogens with two attached hydrogens (primary N) is 2. The Bertz CT molecular complexity index is 1510. The summed E-state index contributed by atoms with van der Waals surface area (Å²) >= 11 is 1.24. The molecule has 0 spiro atoms. The highest BCUT2D eigenvalue weighted by molar-refractivity contribution is 7.88. The van der Waals surface area contributed by atoms with Gasteiger partial charge in [0.15, 0.2) is 11.0 Å². The van der Waals surface area contributed by atoms with Crippen molar-refractivity contribution in [2.75, 3.05) is 19.6 Å². The average Bonchev–Trinajstić information content (AvgIpc) is 3.32. The zero-order chi connectivity index (χ0) is 30.1. The van der Waals surface area contributed by atoms with Crippen LogP contribution in [0.4, 0.5) is 0 Å². The molecule has 1 aliphatic heterocycles. The number of aliphatic imine (C=N–C) groups is 1. The van der Waals surface area contributed by atoms with Crippen molar-refractivity contribution in [1.29, 1.82) is 0 Å². The number of hydrogen-bond acceptors (Lipinski definition) is 8. The first-order valence-corrected chi connectivity index (χ1v) is 16.2. The van der Waals surface area contributed by atoms with Gasteiger partial charge in [0.1, 0.15) is 6.04 Å². The number of nitrogens with zero attached hydrogens (tertiary/aromatic N) is 3. The van der Waals surface area contributed by atoms with Crippen molar-refractivity contribution >= 4 is 55.1 Å². The van der Waals surface area contributed by atoms with Crippen molar-refractivity contribution in [3.63, 3.8) is 0 Å². The van der Waals surface area contributed by atoms with Crippen LogP contribution >= 0.6 is 11.3 Å². The fourth-order valence-electron chi connectivity index (χ4n) is 4.74. The van der Waals surface area contributed by atoms with Gasteiger partial charge in [-0.25, -0.2) is 18.1 Å². The summed E-state index contributed by atoms with van der Waals surface area (Å²) in [5, 5.41) is 3.03. The minimum atomic E-state index is -3.80. The van der Waals surface area contributed by atoms with Crippen molar-refractivity contribution in [1.82, 2.24) is 19.9 Å². The number of aromatic nitrogens is 1. The number of carbonyl (C=O) groups excluding carboxylic acids is 3. The van der Waals surface area contributed by atoms with Crippen LogP contribution in [0.25, 0.3) is 10.2 Å². The second kappa shape index (κ2) is 14.3. The van der Waals surface area contributed by atoms with Crippen LogP contribution in [0.5, 0.6) is 0 Å². The highest BCUT2D eigenvalue weighted by Crippen LogP contribution is 2.23. The molecule has 1 unspecified atom stereocenters. The molecule has 2 heterocycles. The molecule has 0 saturated carbocycles. The smallest absolute Gasteiger partial charge is 0.241 e. The minimum Gasteiger partial charge on any atom is -0.370 e. The SMILES string of the molecule is NC(N)=NCCCC(NC(=O)CN1CCCC[C@H](NS(=O)(=O)Cc2ccccc2)C1=O)C(=O)c1nc2ccccc2s1. The molecule has 4 rings (SSSR count). The number of nitrogens with one attached hydrogen (secondary N) is 2. The van der Waals surface area contributed by atoms with Gasteiger partial charge in [0.25, 0.3) is 0 Å². The van der Waals surface area contributed by atoms with Gasteiger partial charge in [-0.2, -0.15) is 0 Å². The van der Waals surface area contributed by atoms with Crippen LogP contribution in [-0.2, 0) is 25.4 Å². The van der Waals surface area contributed by atoms with Crippen LogP contribution in [0.3, 0.4) is 0 Å². The lowest BCUT2D eigenvalue weighted by molar-refractivity contribution is -0.137. The van der Waals surface area contributed by atoms with Crippen LogP contribution in [0.2, 0.25) is 0 Å². The number of thiazole rings is 1. The first kappa shape index (κ1) is 31.1. The van der Waals surface area contributed by atoms with E-state index in [1.165, 1.54) is 16.2 Å². The predicted octanol–water partition coefficient (Wildman–Crippen LogP) is 1.52. The molecular formula is C28H35N7O5S2. The van der Waals surface area contributed by atoms with Crippen LogP contribution in [-0.4, -0.2) is 73.6 Å². The number of benzene rings is 2. The van der Waals surface area contributed by atoms with Crippen molar-refractivity contribution in [2.24, 2.45) is 16.5 Å². The fraction of sp³-hybridized carbons (Fsp3) is 0.393. The number of amides is 2. The van der Waals surface area contributed by atoms with E-state index in [1.54, 1.807) is 30.3 Å². The molecule has 14 heteroatoms. The molecule has 6 N–H and O–H groups in total. The Kier molecular flexibility index (Phi) is 10.6. The number of rotatable bonds is 13. The highest BCUT2D eigenvalue weighted by atomic mass is 32.2. The van der Waals surface area contributed by atoms with Crippen LogP contribution in [0, 0.1) is 0 Å². The molecule has 2 aromatic carbocycles. The van der Waals surface area contributed by atoms with E-state index in [9.17, 15) is 22.8 Å². The Morgan fingerprint density at radius 1 is 1.10 bits per heavy atom. The first-order valence-electron chi connectivity index (χ1n) is 13.7. The molecule has 1 fully saturated rings. The Morgan fingerprint density at radius 2 is 1.83 bits per heavy atom. The maximum atomic E-state index is 13.4. The van der Waals surface area contributed by atoms with E-state index in [4.69, 9.17) is 11.5 Å². The summed E-state index contributed by atoms with van der Waals surface area (Å²) in [6.07, 6.45) is 2.24. The van der Waals surface area contributed by atoms with Gasteiger partial charge >= 0.3 is 0 Å². The standard InChI is InChI=1S/C28H35N7O5S2/c29-28(30)31-15-8-13-21(25(37)26-33-20-11-4-5-14-23(20)41-26)32-24(36)17-35-16-7-6-12-22(27(35)38)34-42(39,40)18-19-9-2-1-3-10-19/h1-5,9-11,14,21-22,34H,6-8,12-13,15-18H2,(H,32,36)(H4,29,30,31)/t21?,22-/m0/s1. The molecule has 0 bridgehead atoms. The molecule has 1 saturated heterocycles. The number of likely N-dealkylation sites (tertiary alicyclic amines) is 1. The molecule has 42 heavy (non-hydrogen) atoms. The van der Waals surface area contributed by atoms with E-state index < -0.39 is 33.9 Å². The van der Waals surface area contributed by atoms with Gasteiger partial charge in [-0.3, -0.25) is 19.4 Å². The fourth-order valence-corrected chi connectivity index (χ4v) is 7.06. The van der Waals surface area contributed by atoms with Crippen LogP contribution < -0.4 is 21.5 Å². The van der Waals surface area contributed by atoms with E-state index in [2.05, 4.69) is 20.0 Å². The van der Waals surface area contributed by atoms with Gasteiger partial charge in [0.05, 0.1) is 28.6 Å². The van der Waals surface area contributed by atoms with E-state index in [0.717, 1.165) is 4.70 Å². The number of para-hydroxylation sites is 1. The maximum Gasteiger partial charge on any atom is 0.241 e. The lowest BCUT2D eigenvalue weighted by atomic mass is 10.1. The quantitative estimate of drug-likeness (QED) is 0.0965. The summed E-state index contributed by atoms with van der Waals surface area (Å²) in [5.74, 6) is -1.67. The third-order valence-corrected chi connectivity index (χ3v) is 9.15. The Labute approximate surface area is 248 Å². The number of Topliss-reactive ketones (excluding diaryl/α,β-unsaturated/α-hetero) is 1. The topological polar surface area (TPSA) is 190 Å². The van der Waals surface area contributed by atoms with Crippen molar-refractivity contribution < 1.29 is 22.8 Å². The first-order chi connectivity index (χ1) is 20.1. The summed E-state index contributed by atoms with van der Waals surface area (Å²) in [5.41, 5.74) is 12.1. The number of sulfonamides is 1. The average molecular weight is 614 g/mol. The summed E-state index contributed by atoms with van der Waals surface area (Å²) in [7, 11) is -3.80. The zero-order valence-corrected chi connectivity index (χ0v) is 24.7. The summed E-state index contributed by atoms with van der Waals surface area (Å²) < 4.78 is 29.0. The summed E-state index contributed by atoms with van der Waals surface area (Å²) in [6.45, 7) is 0.259. The predicted molar refractivity (Wildman–Crippen MR) is 162 cm³/mol. The lowest BCUT2D eigenvalue weighted by Crippen LogP contribution is -2.51. The van der Waals surface area contributed by atoms with Gasteiger partial charge in [0.2, 0.25) is 27.6 Å². The number of guanidine groups is 1. The van der Waals surface area contributed by atoms with Gasteiger partial charge in [-0.15, -0.1) is 11.3 Å². The van der Waals surface area contributed by atoms with E-state index in [0.29, 0.717) is 43.3 Å². The normalized spacial score (nSPS) is 16.5. The third-order valence-electron chi connectivity index (χ3n) is 6.74. The Hall–Kier alpha value is -3.88. The molecule has 0 aliphatic carbocycles. The molecule has 1 aliphatic rings. The van der Waals surface area contributed by atoms with Gasteiger partial charge in [-0.05, 0) is 49.8 Å². The van der Waals surface area contributed by atoms with Crippen molar-refractivity contribution in [3.05, 3.63) is 65.2 Å². The highest BCUT2D eigenvalue weighted by Gasteiger charge is 2.32. The minimum absolute atomic E-state index is 0.0679. The van der Waals surface area contributed by atoms with Crippen molar-refractivity contribution in [2.45, 2.75) is 49.9 Å². The molecule has 12 nitrogen and oxygen atoms in total. The molecule has 1 aromatic heterocycles. The molecule has 3 aromatic rings. The zero-order valence-electron chi connectivity index (χ0n) is 23.1. The van der Waals surface area contributed by atoms with Gasteiger partial charge < -0.3 is 21.7 Å². The third kappa shape index (κ3) is 8.81. The molecule has 224 valence electrons. The summed E-state index contributed by atoms with van der Waals surface area (Å²) in [6, 6.07) is 14.2. The molecular weight excluding hydrogens is 578 g/mol. The van der Waals surface area contributed by atoms with E-state index >= 15 is 0 Å². The molecule has 0 radical (unpaired) electrons. The van der Waals surface area contributed by atoms with Crippen molar-refractivity contribution in [3.8, 4) is 0 Å². The van der Waals surface area contributed by atoms with Crippen LogP contribution in [0.15, 0.2) is 59.6 Å². The monoisotopic (exact) mass is 613 g/mol. The van der Waals surface area contributed by atoms with E-state index in [-0.39, 0.29) is 42.0 Å². The largest absolute Gasteiger partial charge is 0.370 e. The van der Waals surface area contributed by atoms with Gasteiger partial charge in [-0.1, -0.05) is 42.5 Å². The molecule has 2 atom stereocenters. The number of fused-ring (bicyclic) bond motifs is 1.